The summed E-state index contributed by atoms with van der Waals surface area (Å²) in [4.78, 5) is 24.1. The Morgan fingerprint density at radius 2 is 1.20 bits per heavy atom. The Balaban J connectivity index is 0.000000107. The van der Waals surface area contributed by atoms with Gasteiger partial charge < -0.3 is 24.8 Å². The number of aromatic amines is 2. The third kappa shape index (κ3) is 4.57. The monoisotopic (exact) mass is 721 g/mol. The van der Waals surface area contributed by atoms with Gasteiger partial charge >= 0.3 is 0 Å². The largest absolute Gasteiger partial charge is 0.346 e. The summed E-state index contributed by atoms with van der Waals surface area (Å²) < 4.78 is 49.6. The van der Waals surface area contributed by atoms with Gasteiger partial charge in [-0.1, -0.05) is 0 Å². The van der Waals surface area contributed by atoms with Crippen molar-refractivity contribution in [1.82, 2.24) is 39.0 Å². The molecular formula is C33H36ClN9O4S2. The van der Waals surface area contributed by atoms with E-state index in [-0.39, 0.29) is 32.5 Å². The Hall–Kier alpha value is -3.53. The highest BCUT2D eigenvalue weighted by atomic mass is 35.7. The predicted molar refractivity (Wildman–Crippen MR) is 186 cm³/mol. The van der Waals surface area contributed by atoms with Crippen LogP contribution in [0.5, 0.6) is 0 Å². The van der Waals surface area contributed by atoms with Crippen LogP contribution in [0, 0.1) is 5.41 Å². The smallest absolute Gasteiger partial charge is 0.235 e. The molecule has 0 unspecified atom stereocenters. The molecule has 0 spiro atoms. The van der Waals surface area contributed by atoms with Crippen molar-refractivity contribution in [2.45, 2.75) is 91.3 Å². The van der Waals surface area contributed by atoms with Gasteiger partial charge in [-0.15, -0.1) is 0 Å². The van der Waals surface area contributed by atoms with Gasteiger partial charge in [0.1, 0.15) is 22.3 Å². The van der Waals surface area contributed by atoms with Crippen LogP contribution < -0.4 is 5.73 Å². The number of nitrogens with two attached hydrogens (primary N) is 1. The molecule has 0 aliphatic heterocycles. The fourth-order valence-electron chi connectivity index (χ4n) is 9.47. The number of imidazole rings is 2. The quantitative estimate of drug-likeness (QED) is 0.207. The minimum Gasteiger partial charge on any atom is -0.346 e. The number of halogens is 1. The highest BCUT2D eigenvalue weighted by molar-refractivity contribution is 8.14. The molecule has 6 aromatic heterocycles. The second-order valence-corrected chi connectivity index (χ2v) is 20.9. The molecule has 0 aromatic carbocycles. The lowest BCUT2D eigenvalue weighted by Crippen LogP contribution is -2.76. The van der Waals surface area contributed by atoms with Crippen molar-refractivity contribution in [1.29, 1.82) is 0 Å². The Labute approximate surface area is 286 Å². The molecule has 13 nitrogen and oxygen atoms in total. The van der Waals surface area contributed by atoms with Gasteiger partial charge in [-0.25, -0.2) is 36.8 Å². The number of hydrogen-bond donors (Lipinski definition) is 3. The zero-order valence-corrected chi connectivity index (χ0v) is 29.0. The van der Waals surface area contributed by atoms with Gasteiger partial charge in [-0.05, 0) is 81.8 Å². The Morgan fingerprint density at radius 3 is 1.61 bits per heavy atom. The van der Waals surface area contributed by atoms with Crippen LogP contribution in [0.1, 0.15) is 64.2 Å². The summed E-state index contributed by atoms with van der Waals surface area (Å²) in [6, 6.07) is 4.12. The molecule has 8 aliphatic carbocycles. The van der Waals surface area contributed by atoms with Gasteiger partial charge in [0.05, 0.1) is 57.9 Å². The fourth-order valence-corrected chi connectivity index (χ4v) is 13.0. The minimum absolute atomic E-state index is 0.0301. The Kier molecular flexibility index (Phi) is 5.95. The molecule has 4 bridgehead atoms. The standard InChI is InChI=1S/C17H18N4O2S.C13H13N5.C3H5ClO2S/c22-24(23,11-1-2-11)9-16-6-17(7-16,8-16)21-10-20-13-5-19-15-12(14(13)21)3-4-18-15;14-12-4-13(5-12,6-12)18-7-17-9-3-16-11-8(10(9)18)1-2-15-11;4-7(5,6)3-1-2-3/h3-5,10-11H,1-2,6-9H2,(H,18,19);1-3,7H,4-6,14H2,(H,15,16);3H,1-2H2. The van der Waals surface area contributed by atoms with E-state index in [1.54, 1.807) is 0 Å². The van der Waals surface area contributed by atoms with E-state index in [1.165, 1.54) is 5.52 Å². The third-order valence-electron chi connectivity index (χ3n) is 11.8. The molecule has 8 fully saturated rings. The van der Waals surface area contributed by atoms with Crippen molar-refractivity contribution in [3.05, 3.63) is 49.6 Å². The molecular weight excluding hydrogens is 686 g/mol. The van der Waals surface area contributed by atoms with Crippen molar-refractivity contribution in [2.75, 3.05) is 5.75 Å². The van der Waals surface area contributed by atoms with E-state index >= 15 is 0 Å². The molecule has 6 heterocycles. The number of aromatic nitrogens is 8. The lowest BCUT2D eigenvalue weighted by Gasteiger charge is -2.71. The van der Waals surface area contributed by atoms with E-state index in [9.17, 15) is 16.8 Å². The zero-order valence-electron chi connectivity index (χ0n) is 26.6. The average Bonchev–Trinajstić information content (AvgIpc) is 3.83. The van der Waals surface area contributed by atoms with Crippen LogP contribution in [0.4, 0.5) is 0 Å². The summed E-state index contributed by atoms with van der Waals surface area (Å²) in [6.07, 6.45) is 20.7. The molecule has 49 heavy (non-hydrogen) atoms. The molecule has 0 saturated heterocycles. The molecule has 6 aromatic rings. The molecule has 8 saturated carbocycles. The molecule has 0 radical (unpaired) electrons. The topological polar surface area (TPSA) is 187 Å². The Morgan fingerprint density at radius 1 is 0.735 bits per heavy atom. The van der Waals surface area contributed by atoms with Crippen molar-refractivity contribution in [3.8, 4) is 0 Å². The fraction of sp³-hybridized carbons (Fsp3) is 0.515. The first-order valence-electron chi connectivity index (χ1n) is 16.8. The SMILES string of the molecule is NC12CC(n3cnc4cnc5[nH]ccc5c43)(C1)C2.O=S(=O)(CC12CC(n3cnc4cnc5[nH]ccc5c43)(C1)C2)C1CC1.O=S(=O)(Cl)C1CC1. The van der Waals surface area contributed by atoms with Gasteiger partial charge in [-0.2, -0.15) is 0 Å². The first kappa shape index (κ1) is 30.3. The first-order chi connectivity index (χ1) is 23.3. The highest BCUT2D eigenvalue weighted by Crippen LogP contribution is 2.72. The van der Waals surface area contributed by atoms with E-state index in [1.807, 2.05) is 43.5 Å². The number of nitrogens with zero attached hydrogens (tertiary/aromatic N) is 6. The summed E-state index contributed by atoms with van der Waals surface area (Å²) in [5.41, 5.74) is 12.6. The number of nitrogens with one attached hydrogen (secondary N) is 2. The second-order valence-electron chi connectivity index (χ2n) is 15.7. The number of fused-ring (bicyclic) bond motifs is 6. The molecule has 8 aliphatic rings. The van der Waals surface area contributed by atoms with Gasteiger partial charge in [0, 0.05) is 44.9 Å². The van der Waals surface area contributed by atoms with Crippen LogP contribution in [0.3, 0.4) is 0 Å². The molecule has 0 amide bonds. The van der Waals surface area contributed by atoms with Gasteiger partial charge in [0.15, 0.2) is 9.84 Å². The third-order valence-corrected chi connectivity index (χ3v) is 16.3. The maximum absolute atomic E-state index is 12.3. The van der Waals surface area contributed by atoms with Crippen LogP contribution in [0.15, 0.2) is 49.6 Å². The van der Waals surface area contributed by atoms with Crippen molar-refractivity contribution >= 4 is 73.7 Å². The lowest BCUT2D eigenvalue weighted by atomic mass is 9.40. The van der Waals surface area contributed by atoms with E-state index in [4.69, 9.17) is 16.4 Å². The van der Waals surface area contributed by atoms with Crippen molar-refractivity contribution in [2.24, 2.45) is 11.1 Å². The average molecular weight is 722 g/mol. The number of pyridine rings is 2. The molecule has 16 heteroatoms. The molecule has 256 valence electrons. The highest BCUT2D eigenvalue weighted by Gasteiger charge is 2.70. The van der Waals surface area contributed by atoms with E-state index < -0.39 is 18.9 Å². The molecule has 14 rings (SSSR count). The van der Waals surface area contributed by atoms with Crippen molar-refractivity contribution in [3.63, 3.8) is 0 Å². The minimum atomic E-state index is -3.16. The normalized spacial score (nSPS) is 31.2. The van der Waals surface area contributed by atoms with Crippen molar-refractivity contribution < 1.29 is 16.8 Å². The van der Waals surface area contributed by atoms with Crippen LogP contribution in [0.25, 0.3) is 44.1 Å². The second kappa shape index (κ2) is 9.62. The van der Waals surface area contributed by atoms with Crippen LogP contribution >= 0.6 is 10.7 Å². The van der Waals surface area contributed by atoms with Crippen LogP contribution in [-0.2, 0) is 30.0 Å². The number of sulfone groups is 1. The summed E-state index contributed by atoms with van der Waals surface area (Å²) in [7, 11) is -1.13. The summed E-state index contributed by atoms with van der Waals surface area (Å²) in [5, 5.41) is 1.99. The first-order valence-corrected chi connectivity index (χ1v) is 20.9. The van der Waals surface area contributed by atoms with E-state index in [0.717, 1.165) is 103 Å². The number of H-pyrrole nitrogens is 2. The van der Waals surface area contributed by atoms with Gasteiger partial charge in [0.25, 0.3) is 0 Å². The summed E-state index contributed by atoms with van der Waals surface area (Å²) in [6.45, 7) is 0. The van der Waals surface area contributed by atoms with Crippen LogP contribution in [0.2, 0.25) is 0 Å². The van der Waals surface area contributed by atoms with Crippen LogP contribution in [-0.4, -0.2) is 77.7 Å². The number of hydrogen-bond acceptors (Lipinski definition) is 9. The lowest BCUT2D eigenvalue weighted by molar-refractivity contribution is -0.168. The maximum Gasteiger partial charge on any atom is 0.235 e. The van der Waals surface area contributed by atoms with Gasteiger partial charge in [0.2, 0.25) is 9.05 Å². The number of rotatable bonds is 6. The molecule has 4 N–H and O–H groups in total. The molecule has 0 atom stereocenters. The Bertz CT molecular complexity index is 2520. The van der Waals surface area contributed by atoms with E-state index in [0.29, 0.717) is 5.75 Å². The van der Waals surface area contributed by atoms with Gasteiger partial charge in [-0.3, -0.25) is 0 Å². The summed E-state index contributed by atoms with van der Waals surface area (Å²) >= 11 is 0. The maximum atomic E-state index is 12.3. The summed E-state index contributed by atoms with van der Waals surface area (Å²) in [5.74, 6) is 0.389. The predicted octanol–water partition coefficient (Wildman–Crippen LogP) is 4.59. The zero-order chi connectivity index (χ0) is 33.6. The van der Waals surface area contributed by atoms with E-state index in [2.05, 4.69) is 45.1 Å².